The highest BCUT2D eigenvalue weighted by atomic mass is 32.1. The number of hydrogen-bond acceptors (Lipinski definition) is 5. The molecule has 0 spiro atoms. The maximum absolute atomic E-state index is 5.95. The van der Waals surface area contributed by atoms with Crippen LogP contribution in [0.1, 0.15) is 25.3 Å². The lowest BCUT2D eigenvalue weighted by atomic mass is 10.0. The average molecular weight is 433 g/mol. The summed E-state index contributed by atoms with van der Waals surface area (Å²) in [6, 6.07) is 12.4. The molecule has 0 unspecified atom stereocenters. The van der Waals surface area contributed by atoms with Crippen LogP contribution in [-0.2, 0) is 6.67 Å². The fourth-order valence-corrected chi connectivity index (χ4v) is 4.27. The first-order valence-electron chi connectivity index (χ1n) is 10.7. The molecule has 1 aromatic carbocycles. The van der Waals surface area contributed by atoms with Gasteiger partial charge in [0.25, 0.3) is 0 Å². The number of para-hydroxylation sites is 1. The molecule has 0 bridgehead atoms. The number of piperazine rings is 1. The molecule has 160 valence electrons. The van der Waals surface area contributed by atoms with Crippen molar-refractivity contribution in [2.75, 3.05) is 32.7 Å². The lowest BCUT2D eigenvalue weighted by Gasteiger charge is -2.33. The zero-order valence-electron chi connectivity index (χ0n) is 18.1. The van der Waals surface area contributed by atoms with E-state index in [0.29, 0.717) is 23.9 Å². The molecule has 3 heterocycles. The highest BCUT2D eigenvalue weighted by Gasteiger charge is 2.21. The summed E-state index contributed by atoms with van der Waals surface area (Å²) in [7, 11) is 0. The van der Waals surface area contributed by atoms with E-state index in [0.717, 1.165) is 43.3 Å². The monoisotopic (exact) mass is 432 g/mol. The van der Waals surface area contributed by atoms with Gasteiger partial charge in [0.15, 0.2) is 5.82 Å². The van der Waals surface area contributed by atoms with Gasteiger partial charge in [-0.3, -0.25) is 19.4 Å². The van der Waals surface area contributed by atoms with Gasteiger partial charge in [0.2, 0.25) is 4.77 Å². The predicted octanol–water partition coefficient (Wildman–Crippen LogP) is 3.80. The van der Waals surface area contributed by atoms with Crippen LogP contribution >= 0.6 is 12.2 Å². The third-order valence-electron chi connectivity index (χ3n) is 5.67. The average Bonchev–Trinajstić information content (AvgIpc) is 3.11. The van der Waals surface area contributed by atoms with Gasteiger partial charge in [-0.05, 0) is 41.9 Å². The van der Waals surface area contributed by atoms with E-state index in [-0.39, 0.29) is 0 Å². The highest BCUT2D eigenvalue weighted by Crippen LogP contribution is 2.28. The SMILES string of the molecule is C#CCN1CCN(Cn2nc(-c3cccnc3)n(-c3ccccc3C(C)C)c2=S)CC1. The molecule has 7 heteroatoms. The summed E-state index contributed by atoms with van der Waals surface area (Å²) in [6.07, 6.45) is 9.08. The Morgan fingerprint density at radius 1 is 1.06 bits per heavy atom. The minimum Gasteiger partial charge on any atom is -0.290 e. The Balaban J connectivity index is 1.73. The summed E-state index contributed by atoms with van der Waals surface area (Å²) < 4.78 is 4.72. The van der Waals surface area contributed by atoms with Crippen molar-refractivity contribution in [2.45, 2.75) is 26.4 Å². The van der Waals surface area contributed by atoms with Gasteiger partial charge in [0, 0.05) is 44.1 Å². The van der Waals surface area contributed by atoms with E-state index in [1.807, 2.05) is 23.0 Å². The first-order valence-corrected chi connectivity index (χ1v) is 11.1. The van der Waals surface area contributed by atoms with Gasteiger partial charge in [0.05, 0.1) is 18.9 Å². The Morgan fingerprint density at radius 3 is 2.48 bits per heavy atom. The van der Waals surface area contributed by atoms with Gasteiger partial charge in [-0.25, -0.2) is 4.68 Å². The van der Waals surface area contributed by atoms with E-state index in [9.17, 15) is 0 Å². The number of terminal acetylenes is 1. The topological polar surface area (TPSA) is 42.1 Å². The molecule has 1 saturated heterocycles. The molecule has 6 nitrogen and oxygen atoms in total. The minimum atomic E-state index is 0.368. The Bertz CT molecular complexity index is 1120. The van der Waals surface area contributed by atoms with E-state index in [2.05, 4.69) is 63.4 Å². The van der Waals surface area contributed by atoms with Crippen LogP contribution < -0.4 is 0 Å². The summed E-state index contributed by atoms with van der Waals surface area (Å²) >= 11 is 5.95. The fraction of sp³-hybridized carbons (Fsp3) is 0.375. The molecule has 0 N–H and O–H groups in total. The van der Waals surface area contributed by atoms with E-state index >= 15 is 0 Å². The van der Waals surface area contributed by atoms with Crippen molar-refractivity contribution in [1.29, 1.82) is 0 Å². The number of benzene rings is 1. The van der Waals surface area contributed by atoms with Gasteiger partial charge in [-0.1, -0.05) is 38.0 Å². The van der Waals surface area contributed by atoms with Gasteiger partial charge in [-0.15, -0.1) is 11.5 Å². The molecule has 0 radical (unpaired) electrons. The van der Waals surface area contributed by atoms with Crippen molar-refractivity contribution >= 4 is 12.2 Å². The predicted molar refractivity (Wildman–Crippen MR) is 127 cm³/mol. The molecule has 4 rings (SSSR count). The van der Waals surface area contributed by atoms with E-state index in [4.69, 9.17) is 23.7 Å². The lowest BCUT2D eigenvalue weighted by molar-refractivity contribution is 0.111. The Kier molecular flexibility index (Phi) is 6.62. The van der Waals surface area contributed by atoms with E-state index < -0.39 is 0 Å². The van der Waals surface area contributed by atoms with Crippen molar-refractivity contribution in [2.24, 2.45) is 0 Å². The number of hydrogen-bond donors (Lipinski definition) is 0. The molecule has 0 amide bonds. The molecule has 0 saturated carbocycles. The number of nitrogens with zero attached hydrogens (tertiary/aromatic N) is 6. The molecule has 1 aliphatic rings. The van der Waals surface area contributed by atoms with Crippen LogP contribution in [0.3, 0.4) is 0 Å². The molecular formula is C24H28N6S. The van der Waals surface area contributed by atoms with E-state index in [1.165, 1.54) is 5.56 Å². The van der Waals surface area contributed by atoms with Crippen molar-refractivity contribution in [1.82, 2.24) is 29.1 Å². The standard InChI is InChI=1S/C24H28N6S/c1-4-12-27-13-15-28(16-14-27)18-29-24(31)30(22-10-6-5-9-21(22)19(2)3)23(26-29)20-8-7-11-25-17-20/h1,5-11,17,19H,12-16,18H2,2-3H3. The summed E-state index contributed by atoms with van der Waals surface area (Å²) in [5.41, 5.74) is 3.27. The van der Waals surface area contributed by atoms with E-state index in [1.54, 1.807) is 6.20 Å². The molecule has 0 aliphatic carbocycles. The second-order valence-electron chi connectivity index (χ2n) is 8.14. The first-order chi connectivity index (χ1) is 15.1. The molecule has 31 heavy (non-hydrogen) atoms. The quantitative estimate of drug-likeness (QED) is 0.438. The van der Waals surface area contributed by atoms with Gasteiger partial charge in [0.1, 0.15) is 0 Å². The van der Waals surface area contributed by atoms with Gasteiger partial charge < -0.3 is 0 Å². The van der Waals surface area contributed by atoms with Gasteiger partial charge in [-0.2, -0.15) is 0 Å². The maximum Gasteiger partial charge on any atom is 0.204 e. The molecule has 3 aromatic rings. The molecular weight excluding hydrogens is 404 g/mol. The Morgan fingerprint density at radius 2 is 1.81 bits per heavy atom. The molecule has 0 atom stereocenters. The zero-order valence-corrected chi connectivity index (χ0v) is 18.9. The summed E-state index contributed by atoms with van der Waals surface area (Å²) in [4.78, 5) is 8.98. The summed E-state index contributed by atoms with van der Waals surface area (Å²) in [6.45, 7) is 9.58. The van der Waals surface area contributed by atoms with Crippen LogP contribution in [0.4, 0.5) is 0 Å². The van der Waals surface area contributed by atoms with Crippen LogP contribution in [0.2, 0.25) is 0 Å². The smallest absolute Gasteiger partial charge is 0.204 e. The highest BCUT2D eigenvalue weighted by molar-refractivity contribution is 7.71. The largest absolute Gasteiger partial charge is 0.290 e. The second kappa shape index (κ2) is 9.56. The second-order valence-corrected chi connectivity index (χ2v) is 8.50. The van der Waals surface area contributed by atoms with Crippen molar-refractivity contribution in [3.8, 4) is 29.4 Å². The van der Waals surface area contributed by atoms with Crippen LogP contribution in [0, 0.1) is 17.1 Å². The maximum atomic E-state index is 5.95. The van der Waals surface area contributed by atoms with Crippen molar-refractivity contribution < 1.29 is 0 Å². The summed E-state index contributed by atoms with van der Waals surface area (Å²) in [5.74, 6) is 3.92. The number of rotatable bonds is 6. The number of aromatic nitrogens is 4. The Hall–Kier alpha value is -2.79. The lowest BCUT2D eigenvalue weighted by Crippen LogP contribution is -2.46. The van der Waals surface area contributed by atoms with Crippen LogP contribution in [-0.4, -0.2) is 61.9 Å². The first kappa shape index (κ1) is 21.4. The fourth-order valence-electron chi connectivity index (χ4n) is 3.99. The van der Waals surface area contributed by atoms with Crippen molar-refractivity contribution in [3.63, 3.8) is 0 Å². The van der Waals surface area contributed by atoms with Gasteiger partial charge >= 0.3 is 0 Å². The van der Waals surface area contributed by atoms with Crippen molar-refractivity contribution in [3.05, 3.63) is 59.1 Å². The molecule has 1 fully saturated rings. The third kappa shape index (κ3) is 4.62. The minimum absolute atomic E-state index is 0.368. The molecule has 1 aliphatic heterocycles. The normalized spacial score (nSPS) is 15.3. The van der Waals surface area contributed by atoms with Crippen LogP contribution in [0.25, 0.3) is 17.1 Å². The van der Waals surface area contributed by atoms with Crippen LogP contribution in [0.5, 0.6) is 0 Å². The Labute approximate surface area is 189 Å². The zero-order chi connectivity index (χ0) is 21.8. The number of pyridine rings is 1. The third-order valence-corrected chi connectivity index (χ3v) is 6.07. The summed E-state index contributed by atoms with van der Waals surface area (Å²) in [5, 5.41) is 4.95. The van der Waals surface area contributed by atoms with Crippen LogP contribution in [0.15, 0.2) is 48.8 Å². The molecule has 2 aromatic heterocycles.